The normalized spacial score (nSPS) is 18.6. The molecule has 6 nitrogen and oxygen atoms in total. The first-order valence-corrected chi connectivity index (χ1v) is 9.47. The summed E-state index contributed by atoms with van der Waals surface area (Å²) in [4.78, 5) is 0.298. The number of ether oxygens (including phenoxy) is 1. The first-order chi connectivity index (χ1) is 11.4. The lowest BCUT2D eigenvalue weighted by atomic mass is 9.85. The van der Waals surface area contributed by atoms with Gasteiger partial charge in [0.15, 0.2) is 0 Å². The van der Waals surface area contributed by atoms with Gasteiger partial charge >= 0.3 is 0 Å². The van der Waals surface area contributed by atoms with Gasteiger partial charge in [-0.25, -0.2) is 8.42 Å². The number of benzene rings is 1. The van der Waals surface area contributed by atoms with Crippen molar-refractivity contribution >= 4 is 10.0 Å². The lowest BCUT2D eigenvalue weighted by Gasteiger charge is -2.40. The Labute approximate surface area is 142 Å². The number of piperidine rings is 1. The zero-order valence-electron chi connectivity index (χ0n) is 14.2. The van der Waals surface area contributed by atoms with E-state index in [0.29, 0.717) is 42.2 Å². The van der Waals surface area contributed by atoms with Gasteiger partial charge in [-0.05, 0) is 32.3 Å². The van der Waals surface area contributed by atoms with E-state index >= 15 is 0 Å². The van der Waals surface area contributed by atoms with Gasteiger partial charge in [0.05, 0.1) is 17.0 Å². The van der Waals surface area contributed by atoms with Crippen LogP contribution in [0.2, 0.25) is 0 Å². The zero-order valence-corrected chi connectivity index (χ0v) is 15.1. The lowest BCUT2D eigenvalue weighted by molar-refractivity contribution is -0.0507. The molecule has 2 heterocycles. The number of nitrogens with one attached hydrogen (secondary N) is 1. The molecule has 2 aromatic rings. The maximum atomic E-state index is 13.0. The Morgan fingerprint density at radius 1 is 1.17 bits per heavy atom. The number of methoxy groups -OCH3 is 1. The second kappa shape index (κ2) is 6.31. The molecule has 1 aliphatic heterocycles. The Bertz CT molecular complexity index is 787. The van der Waals surface area contributed by atoms with Crippen molar-refractivity contribution in [2.24, 2.45) is 0 Å². The Kier molecular flexibility index (Phi) is 4.50. The first kappa shape index (κ1) is 17.1. The second-order valence-corrected chi connectivity index (χ2v) is 8.11. The summed E-state index contributed by atoms with van der Waals surface area (Å²) >= 11 is 0. The smallest absolute Gasteiger partial charge is 0.246 e. The summed E-state index contributed by atoms with van der Waals surface area (Å²) in [5.41, 5.74) is 1.77. The van der Waals surface area contributed by atoms with Gasteiger partial charge in [0, 0.05) is 20.2 Å². The van der Waals surface area contributed by atoms with E-state index in [0.717, 1.165) is 5.56 Å². The highest BCUT2D eigenvalue weighted by molar-refractivity contribution is 7.89. The monoisotopic (exact) mass is 349 g/mol. The van der Waals surface area contributed by atoms with E-state index in [9.17, 15) is 8.42 Å². The third-order valence-electron chi connectivity index (χ3n) is 4.88. The number of nitrogens with zero attached hydrogens (tertiary/aromatic N) is 2. The van der Waals surface area contributed by atoms with Crippen LogP contribution in [0.1, 0.15) is 29.8 Å². The summed E-state index contributed by atoms with van der Waals surface area (Å²) in [6, 6.07) is 10.0. The highest BCUT2D eigenvalue weighted by atomic mass is 32.2. The van der Waals surface area contributed by atoms with Crippen LogP contribution in [0.25, 0.3) is 0 Å². The molecule has 0 atom stereocenters. The SMILES string of the molecule is COC1(c2ccccc2)CCN(S(=O)(=O)c2c(C)n[nH]c2C)CC1. The van der Waals surface area contributed by atoms with Gasteiger partial charge in [0.1, 0.15) is 4.90 Å². The fourth-order valence-electron chi connectivity index (χ4n) is 3.49. The molecule has 0 saturated carbocycles. The lowest BCUT2D eigenvalue weighted by Crippen LogP contribution is -2.46. The second-order valence-electron chi connectivity index (χ2n) is 6.23. The van der Waals surface area contributed by atoms with Crippen molar-refractivity contribution in [3.63, 3.8) is 0 Å². The van der Waals surface area contributed by atoms with Crippen molar-refractivity contribution in [3.8, 4) is 0 Å². The molecule has 7 heteroatoms. The molecule has 0 radical (unpaired) electrons. The number of rotatable bonds is 4. The fraction of sp³-hybridized carbons (Fsp3) is 0.471. The maximum Gasteiger partial charge on any atom is 0.246 e. The van der Waals surface area contributed by atoms with Crippen molar-refractivity contribution < 1.29 is 13.2 Å². The molecule has 3 rings (SSSR count). The van der Waals surface area contributed by atoms with Gasteiger partial charge in [0.2, 0.25) is 10.0 Å². The molecule has 0 spiro atoms. The number of hydrogen-bond acceptors (Lipinski definition) is 4. The number of H-pyrrole nitrogens is 1. The molecule has 0 unspecified atom stereocenters. The van der Waals surface area contributed by atoms with Crippen LogP contribution in [-0.2, 0) is 20.4 Å². The van der Waals surface area contributed by atoms with E-state index in [2.05, 4.69) is 10.2 Å². The summed E-state index contributed by atoms with van der Waals surface area (Å²) < 4.78 is 33.3. The van der Waals surface area contributed by atoms with E-state index in [4.69, 9.17) is 4.74 Å². The van der Waals surface area contributed by atoms with Crippen molar-refractivity contribution in [2.45, 2.75) is 37.2 Å². The molecule has 24 heavy (non-hydrogen) atoms. The van der Waals surface area contributed by atoms with Gasteiger partial charge in [-0.15, -0.1) is 0 Å². The fourth-order valence-corrected chi connectivity index (χ4v) is 5.26. The molecule has 1 aromatic heterocycles. The van der Waals surface area contributed by atoms with Gasteiger partial charge in [-0.3, -0.25) is 5.10 Å². The van der Waals surface area contributed by atoms with E-state index in [1.54, 1.807) is 21.0 Å². The van der Waals surface area contributed by atoms with Gasteiger partial charge < -0.3 is 4.74 Å². The topological polar surface area (TPSA) is 75.3 Å². The van der Waals surface area contributed by atoms with Crippen LogP contribution in [0.3, 0.4) is 0 Å². The summed E-state index contributed by atoms with van der Waals surface area (Å²) in [6.07, 6.45) is 1.26. The average molecular weight is 349 g/mol. The van der Waals surface area contributed by atoms with E-state index in [1.165, 1.54) is 4.31 Å². The van der Waals surface area contributed by atoms with Crippen molar-refractivity contribution in [2.75, 3.05) is 20.2 Å². The Balaban J connectivity index is 1.85. The third kappa shape index (κ3) is 2.76. The molecule has 0 amide bonds. The summed E-state index contributed by atoms with van der Waals surface area (Å²) in [5, 5.41) is 6.77. The van der Waals surface area contributed by atoms with Crippen LogP contribution in [0.5, 0.6) is 0 Å². The van der Waals surface area contributed by atoms with E-state index in [1.807, 2.05) is 30.3 Å². The first-order valence-electron chi connectivity index (χ1n) is 8.03. The largest absolute Gasteiger partial charge is 0.373 e. The zero-order chi connectivity index (χ0) is 17.4. The minimum absolute atomic E-state index is 0.298. The van der Waals surface area contributed by atoms with Crippen LogP contribution in [-0.4, -0.2) is 43.1 Å². The Hall–Kier alpha value is -1.70. The number of aromatic nitrogens is 2. The highest BCUT2D eigenvalue weighted by Gasteiger charge is 2.40. The van der Waals surface area contributed by atoms with Crippen LogP contribution < -0.4 is 0 Å². The quantitative estimate of drug-likeness (QED) is 0.919. The number of sulfonamides is 1. The van der Waals surface area contributed by atoms with E-state index in [-0.39, 0.29) is 0 Å². The van der Waals surface area contributed by atoms with Gasteiger partial charge in [-0.1, -0.05) is 30.3 Å². The van der Waals surface area contributed by atoms with Crippen molar-refractivity contribution in [3.05, 3.63) is 47.3 Å². The van der Waals surface area contributed by atoms with Crippen LogP contribution in [0.15, 0.2) is 35.2 Å². The Morgan fingerprint density at radius 2 is 1.79 bits per heavy atom. The van der Waals surface area contributed by atoms with Crippen molar-refractivity contribution in [1.29, 1.82) is 0 Å². The predicted molar refractivity (Wildman–Crippen MR) is 91.2 cm³/mol. The maximum absolute atomic E-state index is 13.0. The molecule has 0 aliphatic carbocycles. The molecule has 1 aromatic carbocycles. The molecular weight excluding hydrogens is 326 g/mol. The summed E-state index contributed by atoms with van der Waals surface area (Å²) in [5.74, 6) is 0. The number of hydrogen-bond donors (Lipinski definition) is 1. The predicted octanol–water partition coefficient (Wildman–Crippen LogP) is 2.35. The van der Waals surface area contributed by atoms with Crippen LogP contribution in [0, 0.1) is 13.8 Å². The summed E-state index contributed by atoms with van der Waals surface area (Å²) in [7, 11) is -1.84. The number of aromatic amines is 1. The molecular formula is C17H23N3O3S. The van der Waals surface area contributed by atoms with Gasteiger partial charge in [0.25, 0.3) is 0 Å². The molecule has 1 aliphatic rings. The number of aryl methyl sites for hydroxylation is 2. The minimum atomic E-state index is -3.54. The molecule has 1 N–H and O–H groups in total. The molecule has 0 bridgehead atoms. The third-order valence-corrected chi connectivity index (χ3v) is 7.04. The van der Waals surface area contributed by atoms with E-state index < -0.39 is 15.6 Å². The van der Waals surface area contributed by atoms with Crippen LogP contribution in [0.4, 0.5) is 0 Å². The highest BCUT2D eigenvalue weighted by Crippen LogP contribution is 2.38. The van der Waals surface area contributed by atoms with Crippen LogP contribution >= 0.6 is 0 Å². The standard InChI is InChI=1S/C17H23N3O3S/c1-13-16(14(2)19-18-13)24(21,22)20-11-9-17(23-3,10-12-20)15-7-5-4-6-8-15/h4-8H,9-12H2,1-3H3,(H,18,19). The molecule has 1 saturated heterocycles. The summed E-state index contributed by atoms with van der Waals surface area (Å²) in [6.45, 7) is 4.30. The average Bonchev–Trinajstić information content (AvgIpc) is 2.95. The van der Waals surface area contributed by atoms with Gasteiger partial charge in [-0.2, -0.15) is 9.40 Å². The molecule has 130 valence electrons. The minimum Gasteiger partial charge on any atom is -0.373 e. The Morgan fingerprint density at radius 3 is 2.29 bits per heavy atom. The van der Waals surface area contributed by atoms with Crippen molar-refractivity contribution in [1.82, 2.24) is 14.5 Å². The molecule has 1 fully saturated rings.